The molecule has 1 aliphatic heterocycles. The molecule has 0 bridgehead atoms. The number of carbonyl (C=O) groups excluding carboxylic acids is 5. The van der Waals surface area contributed by atoms with E-state index in [1.54, 1.807) is 20.8 Å². The van der Waals surface area contributed by atoms with Crippen molar-refractivity contribution in [2.75, 3.05) is 19.6 Å². The van der Waals surface area contributed by atoms with Crippen LogP contribution in [-0.4, -0.2) is 84.4 Å². The molecule has 1 aliphatic rings. The van der Waals surface area contributed by atoms with Crippen molar-refractivity contribution in [3.63, 3.8) is 0 Å². The summed E-state index contributed by atoms with van der Waals surface area (Å²) in [4.78, 5) is 74.5. The number of hydrogen-bond acceptors (Lipinski definition) is 7. The molecule has 1 saturated heterocycles. The fourth-order valence-electron chi connectivity index (χ4n) is 4.15. The van der Waals surface area contributed by atoms with E-state index in [0.717, 1.165) is 13.0 Å². The first-order chi connectivity index (χ1) is 18.3. The average Bonchev–Trinajstić information content (AvgIpc) is 3.41. The first kappa shape index (κ1) is 33.8. The van der Waals surface area contributed by atoms with Crippen LogP contribution in [0.1, 0.15) is 67.2 Å². The van der Waals surface area contributed by atoms with Crippen molar-refractivity contribution in [1.29, 1.82) is 0 Å². The maximum absolute atomic E-state index is 13.1. The van der Waals surface area contributed by atoms with E-state index in [2.05, 4.69) is 31.9 Å². The Balaban J connectivity index is 2.80. The lowest BCUT2D eigenvalue weighted by Gasteiger charge is -2.27. The quantitative estimate of drug-likeness (QED) is 0.129. The Labute approximate surface area is 230 Å². The standard InChI is InChI=1S/C26H46N6O7/c1-7-16(6)22(26(39)29-13-20(34)35)32-24(37)18(11-14(2)3)30-19(33)12-28-25(38)21(15(4)5)31-23(36)17-9-8-10-27-17/h14-18,21-22,27H,7-13H2,1-6H3,(H,28,38)(H,29,39)(H,30,33)(H,31,36)(H,32,37)(H,34,35)/t16-,17-,18-,21-,22-/m0/s1. The van der Waals surface area contributed by atoms with Gasteiger partial charge in [-0.2, -0.15) is 0 Å². The molecular formula is C26H46N6O7. The van der Waals surface area contributed by atoms with E-state index >= 15 is 0 Å². The molecule has 1 heterocycles. The summed E-state index contributed by atoms with van der Waals surface area (Å²) in [6.45, 7) is 10.7. The van der Waals surface area contributed by atoms with E-state index in [-0.39, 0.29) is 36.1 Å². The van der Waals surface area contributed by atoms with Crippen molar-refractivity contribution in [3.05, 3.63) is 0 Å². The molecule has 0 aromatic heterocycles. The predicted octanol–water partition coefficient (Wildman–Crippen LogP) is -0.742. The van der Waals surface area contributed by atoms with Crippen LogP contribution in [0.25, 0.3) is 0 Å². The second kappa shape index (κ2) is 16.7. The zero-order chi connectivity index (χ0) is 29.7. The molecular weight excluding hydrogens is 508 g/mol. The largest absolute Gasteiger partial charge is 0.480 e. The summed E-state index contributed by atoms with van der Waals surface area (Å²) in [5.41, 5.74) is 0. The maximum atomic E-state index is 13.1. The van der Waals surface area contributed by atoms with Crippen molar-refractivity contribution in [1.82, 2.24) is 31.9 Å². The lowest BCUT2D eigenvalue weighted by Crippen LogP contribution is -2.58. The molecule has 0 saturated carbocycles. The molecule has 1 fully saturated rings. The minimum absolute atomic E-state index is 0.0169. The normalized spacial score (nSPS) is 18.0. The van der Waals surface area contributed by atoms with Gasteiger partial charge < -0.3 is 37.0 Å². The number of aliphatic carboxylic acids is 1. The number of carboxylic acids is 1. The van der Waals surface area contributed by atoms with Crippen LogP contribution in [-0.2, 0) is 28.8 Å². The molecule has 0 spiro atoms. The Kier molecular flexibility index (Phi) is 14.5. The van der Waals surface area contributed by atoms with Crippen molar-refractivity contribution in [2.45, 2.75) is 91.4 Å². The lowest BCUT2D eigenvalue weighted by molar-refractivity contribution is -0.139. The molecule has 5 amide bonds. The third kappa shape index (κ3) is 12.0. The molecule has 13 nitrogen and oxygen atoms in total. The molecule has 5 atom stereocenters. The van der Waals surface area contributed by atoms with Gasteiger partial charge in [-0.1, -0.05) is 48.0 Å². The van der Waals surface area contributed by atoms with Crippen LogP contribution < -0.4 is 31.9 Å². The minimum atomic E-state index is -1.21. The van der Waals surface area contributed by atoms with Crippen molar-refractivity contribution >= 4 is 35.5 Å². The number of amides is 5. The highest BCUT2D eigenvalue weighted by molar-refractivity contribution is 5.95. The highest BCUT2D eigenvalue weighted by Gasteiger charge is 2.32. The first-order valence-electron chi connectivity index (χ1n) is 13.7. The molecule has 0 aliphatic carbocycles. The van der Waals surface area contributed by atoms with Gasteiger partial charge in [0.25, 0.3) is 0 Å². The van der Waals surface area contributed by atoms with Crippen LogP contribution in [0.5, 0.6) is 0 Å². The van der Waals surface area contributed by atoms with Gasteiger partial charge in [-0.25, -0.2) is 0 Å². The molecule has 0 aromatic rings. The van der Waals surface area contributed by atoms with Gasteiger partial charge in [0, 0.05) is 0 Å². The summed E-state index contributed by atoms with van der Waals surface area (Å²) in [5.74, 6) is -4.30. The summed E-state index contributed by atoms with van der Waals surface area (Å²) in [6, 6.07) is -3.15. The molecule has 0 radical (unpaired) electrons. The van der Waals surface area contributed by atoms with Crippen LogP contribution in [0.15, 0.2) is 0 Å². The van der Waals surface area contributed by atoms with Gasteiger partial charge >= 0.3 is 5.97 Å². The second-order valence-corrected chi connectivity index (χ2v) is 10.8. The van der Waals surface area contributed by atoms with Gasteiger partial charge in [0.15, 0.2) is 0 Å². The summed E-state index contributed by atoms with van der Waals surface area (Å²) >= 11 is 0. The molecule has 13 heteroatoms. The van der Waals surface area contributed by atoms with Gasteiger partial charge in [-0.05, 0) is 43.6 Å². The fraction of sp³-hybridized carbons (Fsp3) is 0.769. The third-order valence-corrected chi connectivity index (χ3v) is 6.61. The predicted molar refractivity (Wildman–Crippen MR) is 144 cm³/mol. The summed E-state index contributed by atoms with van der Waals surface area (Å²) in [5, 5.41) is 24.8. The third-order valence-electron chi connectivity index (χ3n) is 6.61. The Morgan fingerprint density at radius 1 is 0.846 bits per heavy atom. The van der Waals surface area contributed by atoms with Crippen LogP contribution in [0.3, 0.4) is 0 Å². The second-order valence-electron chi connectivity index (χ2n) is 10.8. The van der Waals surface area contributed by atoms with Crippen LogP contribution in [0.2, 0.25) is 0 Å². The lowest BCUT2D eigenvalue weighted by atomic mass is 9.96. The molecule has 7 N–H and O–H groups in total. The van der Waals surface area contributed by atoms with Gasteiger partial charge in [-0.15, -0.1) is 0 Å². The summed E-state index contributed by atoms with van der Waals surface area (Å²) in [7, 11) is 0. The Morgan fingerprint density at radius 2 is 1.46 bits per heavy atom. The summed E-state index contributed by atoms with van der Waals surface area (Å²) in [6.07, 6.45) is 2.39. The van der Waals surface area contributed by atoms with Crippen molar-refractivity contribution in [3.8, 4) is 0 Å². The monoisotopic (exact) mass is 554 g/mol. The molecule has 1 rings (SSSR count). The molecule has 222 valence electrons. The number of carboxylic acid groups (broad SMARTS) is 1. The Morgan fingerprint density at radius 3 is 1.97 bits per heavy atom. The van der Waals surface area contributed by atoms with Gasteiger partial charge in [-0.3, -0.25) is 28.8 Å². The summed E-state index contributed by atoms with van der Waals surface area (Å²) < 4.78 is 0. The van der Waals surface area contributed by atoms with E-state index < -0.39 is 60.8 Å². The van der Waals surface area contributed by atoms with Crippen LogP contribution >= 0.6 is 0 Å². The topological polar surface area (TPSA) is 195 Å². The van der Waals surface area contributed by atoms with Crippen molar-refractivity contribution < 1.29 is 33.9 Å². The number of nitrogens with one attached hydrogen (secondary N) is 6. The molecule has 0 aromatic carbocycles. The van der Waals surface area contributed by atoms with Crippen molar-refractivity contribution in [2.24, 2.45) is 17.8 Å². The molecule has 39 heavy (non-hydrogen) atoms. The first-order valence-corrected chi connectivity index (χ1v) is 13.7. The number of rotatable bonds is 16. The van der Waals surface area contributed by atoms with E-state index in [1.165, 1.54) is 0 Å². The van der Waals surface area contributed by atoms with Gasteiger partial charge in [0.05, 0.1) is 12.6 Å². The molecule has 0 unspecified atom stereocenters. The highest BCUT2D eigenvalue weighted by atomic mass is 16.4. The minimum Gasteiger partial charge on any atom is -0.480 e. The van der Waals surface area contributed by atoms with Gasteiger partial charge in [0.1, 0.15) is 24.7 Å². The van der Waals surface area contributed by atoms with E-state index in [4.69, 9.17) is 5.11 Å². The zero-order valence-electron chi connectivity index (χ0n) is 23.9. The highest BCUT2D eigenvalue weighted by Crippen LogP contribution is 2.11. The zero-order valence-corrected chi connectivity index (χ0v) is 23.9. The fourth-order valence-corrected chi connectivity index (χ4v) is 4.15. The Hall–Kier alpha value is -3.22. The Bertz CT molecular complexity index is 873. The van der Waals surface area contributed by atoms with E-state index in [1.807, 2.05) is 20.8 Å². The SMILES string of the molecule is CC[C@H](C)[C@H](NC(=O)[C@H](CC(C)C)NC(=O)CNC(=O)[C@@H](NC(=O)[C@@H]1CCCN1)C(C)C)C(=O)NCC(=O)O. The van der Waals surface area contributed by atoms with Crippen LogP contribution in [0, 0.1) is 17.8 Å². The smallest absolute Gasteiger partial charge is 0.322 e. The number of carbonyl (C=O) groups is 6. The number of hydrogen-bond donors (Lipinski definition) is 7. The van der Waals surface area contributed by atoms with Crippen LogP contribution in [0.4, 0.5) is 0 Å². The van der Waals surface area contributed by atoms with E-state index in [9.17, 15) is 28.8 Å². The maximum Gasteiger partial charge on any atom is 0.322 e. The average molecular weight is 555 g/mol. The van der Waals surface area contributed by atoms with Gasteiger partial charge in [0.2, 0.25) is 29.5 Å². The van der Waals surface area contributed by atoms with E-state index in [0.29, 0.717) is 12.8 Å².